The molecule has 0 bridgehead atoms. The van der Waals surface area contributed by atoms with Gasteiger partial charge in [-0.25, -0.2) is 0 Å². The lowest BCUT2D eigenvalue weighted by Crippen LogP contribution is -2.10. The van der Waals surface area contributed by atoms with Crippen molar-refractivity contribution >= 4 is 0 Å². The number of aliphatic hydroxyl groups excluding tert-OH is 1. The van der Waals surface area contributed by atoms with Gasteiger partial charge in [-0.2, -0.15) is 0 Å². The van der Waals surface area contributed by atoms with E-state index in [0.29, 0.717) is 5.92 Å². The average Bonchev–Trinajstić information content (AvgIpc) is 2.06. The third-order valence-corrected chi connectivity index (χ3v) is 2.77. The molecule has 2 nitrogen and oxygen atoms in total. The standard InChI is InChI=1S/C11H15NO/c13-7-6-9-4-5-11(12-8-9)10-2-1-3-10/h4-5,8,10,13H,1-3,6-7H2. The number of pyridine rings is 1. The third kappa shape index (κ3) is 1.89. The SMILES string of the molecule is OCCc1ccc(C2CCC2)nc1. The highest BCUT2D eigenvalue weighted by atomic mass is 16.2. The predicted molar refractivity (Wildman–Crippen MR) is 51.6 cm³/mol. The summed E-state index contributed by atoms with van der Waals surface area (Å²) in [6.07, 6.45) is 6.56. The molecule has 1 aromatic heterocycles. The zero-order valence-electron chi connectivity index (χ0n) is 7.74. The van der Waals surface area contributed by atoms with Gasteiger partial charge in [-0.15, -0.1) is 0 Å². The molecule has 2 rings (SSSR count). The van der Waals surface area contributed by atoms with Gasteiger partial charge >= 0.3 is 0 Å². The molecule has 0 aliphatic heterocycles. The van der Waals surface area contributed by atoms with Crippen LogP contribution in [0.2, 0.25) is 0 Å². The molecule has 1 N–H and O–H groups in total. The van der Waals surface area contributed by atoms with E-state index in [1.54, 1.807) is 0 Å². The fourth-order valence-electron chi connectivity index (χ4n) is 1.66. The Labute approximate surface area is 78.6 Å². The van der Waals surface area contributed by atoms with Crippen LogP contribution in [0.4, 0.5) is 0 Å². The first-order valence-corrected chi connectivity index (χ1v) is 4.96. The molecule has 0 atom stereocenters. The Kier molecular flexibility index (Phi) is 2.60. The van der Waals surface area contributed by atoms with E-state index in [2.05, 4.69) is 17.1 Å². The lowest BCUT2D eigenvalue weighted by atomic mass is 9.82. The number of nitrogens with zero attached hydrogens (tertiary/aromatic N) is 1. The molecule has 0 saturated heterocycles. The van der Waals surface area contributed by atoms with Gasteiger partial charge in [0.05, 0.1) is 0 Å². The van der Waals surface area contributed by atoms with Gasteiger partial charge in [0.25, 0.3) is 0 Å². The Morgan fingerprint density at radius 1 is 1.38 bits per heavy atom. The molecule has 13 heavy (non-hydrogen) atoms. The van der Waals surface area contributed by atoms with Crippen LogP contribution < -0.4 is 0 Å². The van der Waals surface area contributed by atoms with Crippen LogP contribution in [0.5, 0.6) is 0 Å². The van der Waals surface area contributed by atoms with E-state index >= 15 is 0 Å². The summed E-state index contributed by atoms with van der Waals surface area (Å²) < 4.78 is 0. The van der Waals surface area contributed by atoms with Gasteiger partial charge in [-0.05, 0) is 30.9 Å². The van der Waals surface area contributed by atoms with Crippen molar-refractivity contribution in [1.29, 1.82) is 0 Å². The van der Waals surface area contributed by atoms with Crippen LogP contribution in [0.1, 0.15) is 36.4 Å². The zero-order chi connectivity index (χ0) is 9.10. The molecular weight excluding hydrogens is 162 g/mol. The molecule has 1 saturated carbocycles. The van der Waals surface area contributed by atoms with Crippen LogP contribution in [0.3, 0.4) is 0 Å². The molecule has 1 aliphatic rings. The second-order valence-corrected chi connectivity index (χ2v) is 3.69. The number of hydrogen-bond acceptors (Lipinski definition) is 2. The van der Waals surface area contributed by atoms with Gasteiger partial charge in [0.2, 0.25) is 0 Å². The van der Waals surface area contributed by atoms with Crippen LogP contribution in [-0.4, -0.2) is 16.7 Å². The highest BCUT2D eigenvalue weighted by molar-refractivity contribution is 5.18. The van der Waals surface area contributed by atoms with Gasteiger partial charge in [0.1, 0.15) is 0 Å². The molecule has 0 aromatic carbocycles. The Morgan fingerprint density at radius 2 is 2.23 bits per heavy atom. The molecule has 0 amide bonds. The maximum atomic E-state index is 8.73. The molecule has 1 heterocycles. The lowest BCUT2D eigenvalue weighted by Gasteiger charge is -2.24. The Morgan fingerprint density at radius 3 is 2.69 bits per heavy atom. The van der Waals surface area contributed by atoms with E-state index < -0.39 is 0 Å². The maximum Gasteiger partial charge on any atom is 0.0472 e. The largest absolute Gasteiger partial charge is 0.396 e. The van der Waals surface area contributed by atoms with Crippen molar-refractivity contribution in [2.75, 3.05) is 6.61 Å². The zero-order valence-corrected chi connectivity index (χ0v) is 7.74. The van der Waals surface area contributed by atoms with Crippen molar-refractivity contribution in [3.05, 3.63) is 29.6 Å². The number of rotatable bonds is 3. The van der Waals surface area contributed by atoms with Crippen molar-refractivity contribution in [1.82, 2.24) is 4.98 Å². The van der Waals surface area contributed by atoms with Crippen molar-refractivity contribution in [2.45, 2.75) is 31.6 Å². The van der Waals surface area contributed by atoms with E-state index in [0.717, 1.165) is 12.0 Å². The second kappa shape index (κ2) is 3.88. The monoisotopic (exact) mass is 177 g/mol. The first-order valence-electron chi connectivity index (χ1n) is 4.96. The molecule has 0 spiro atoms. The van der Waals surface area contributed by atoms with Crippen LogP contribution in [0, 0.1) is 0 Å². The summed E-state index contributed by atoms with van der Waals surface area (Å²) >= 11 is 0. The molecule has 0 unspecified atom stereocenters. The summed E-state index contributed by atoms with van der Waals surface area (Å²) in [4.78, 5) is 4.41. The van der Waals surface area contributed by atoms with Gasteiger partial charge < -0.3 is 5.11 Å². The Hall–Kier alpha value is -0.890. The summed E-state index contributed by atoms with van der Waals surface area (Å²) in [7, 11) is 0. The quantitative estimate of drug-likeness (QED) is 0.764. The van der Waals surface area contributed by atoms with E-state index in [-0.39, 0.29) is 6.61 Å². The minimum atomic E-state index is 0.213. The fraction of sp³-hybridized carbons (Fsp3) is 0.545. The summed E-state index contributed by atoms with van der Waals surface area (Å²) in [5.74, 6) is 0.711. The minimum absolute atomic E-state index is 0.213. The van der Waals surface area contributed by atoms with Gasteiger partial charge in [-0.1, -0.05) is 12.5 Å². The van der Waals surface area contributed by atoms with Crippen LogP contribution in [0.25, 0.3) is 0 Å². The van der Waals surface area contributed by atoms with Gasteiger partial charge in [-0.3, -0.25) is 4.98 Å². The summed E-state index contributed by atoms with van der Waals surface area (Å²) in [5.41, 5.74) is 2.36. The minimum Gasteiger partial charge on any atom is -0.396 e. The number of aliphatic hydroxyl groups is 1. The lowest BCUT2D eigenvalue weighted by molar-refractivity contribution is 0.299. The Balaban J connectivity index is 2.04. The number of aromatic nitrogens is 1. The van der Waals surface area contributed by atoms with E-state index in [1.165, 1.54) is 25.0 Å². The van der Waals surface area contributed by atoms with Crippen LogP contribution >= 0.6 is 0 Å². The average molecular weight is 177 g/mol. The van der Waals surface area contributed by atoms with Crippen molar-refractivity contribution in [2.24, 2.45) is 0 Å². The molecule has 0 radical (unpaired) electrons. The normalized spacial score (nSPS) is 17.0. The van der Waals surface area contributed by atoms with E-state index in [4.69, 9.17) is 5.11 Å². The predicted octanol–water partition coefficient (Wildman–Crippen LogP) is 1.88. The van der Waals surface area contributed by atoms with Crippen LogP contribution in [0.15, 0.2) is 18.3 Å². The first kappa shape index (κ1) is 8.70. The van der Waals surface area contributed by atoms with Crippen molar-refractivity contribution in [3.63, 3.8) is 0 Å². The molecular formula is C11H15NO. The van der Waals surface area contributed by atoms with Crippen molar-refractivity contribution < 1.29 is 5.11 Å². The first-order chi connectivity index (χ1) is 6.40. The third-order valence-electron chi connectivity index (χ3n) is 2.77. The molecule has 1 aromatic rings. The smallest absolute Gasteiger partial charge is 0.0472 e. The van der Waals surface area contributed by atoms with E-state index in [1.807, 2.05) is 6.20 Å². The Bertz CT molecular complexity index is 264. The van der Waals surface area contributed by atoms with Gasteiger partial charge in [0.15, 0.2) is 0 Å². The molecule has 1 aliphatic carbocycles. The van der Waals surface area contributed by atoms with Crippen LogP contribution in [-0.2, 0) is 6.42 Å². The fourth-order valence-corrected chi connectivity index (χ4v) is 1.66. The molecule has 2 heteroatoms. The maximum absolute atomic E-state index is 8.73. The second-order valence-electron chi connectivity index (χ2n) is 3.69. The highest BCUT2D eigenvalue weighted by Gasteiger charge is 2.20. The summed E-state index contributed by atoms with van der Waals surface area (Å²) in [6.45, 7) is 0.213. The molecule has 1 fully saturated rings. The summed E-state index contributed by atoms with van der Waals surface area (Å²) in [6, 6.07) is 4.19. The topological polar surface area (TPSA) is 33.1 Å². The highest BCUT2D eigenvalue weighted by Crippen LogP contribution is 2.34. The molecule has 70 valence electrons. The van der Waals surface area contributed by atoms with E-state index in [9.17, 15) is 0 Å². The number of hydrogen-bond donors (Lipinski definition) is 1. The van der Waals surface area contributed by atoms with Crippen molar-refractivity contribution in [3.8, 4) is 0 Å². The summed E-state index contributed by atoms with van der Waals surface area (Å²) in [5, 5.41) is 8.73. The van der Waals surface area contributed by atoms with Gasteiger partial charge in [0, 0.05) is 24.4 Å².